The third-order valence-electron chi connectivity index (χ3n) is 4.77. The molecule has 1 aliphatic rings. The molecule has 0 saturated carbocycles. The number of urea groups is 1. The van der Waals surface area contributed by atoms with E-state index in [1.54, 1.807) is 0 Å². The van der Waals surface area contributed by atoms with E-state index in [1.165, 1.54) is 5.56 Å². The van der Waals surface area contributed by atoms with E-state index in [0.717, 1.165) is 37.2 Å². The number of hydrogen-bond acceptors (Lipinski definition) is 3. The van der Waals surface area contributed by atoms with Crippen LogP contribution in [0.3, 0.4) is 0 Å². The number of carbonyl (C=O) groups is 1. The fourth-order valence-electron chi connectivity index (χ4n) is 3.18. The summed E-state index contributed by atoms with van der Waals surface area (Å²) >= 11 is 0. The highest BCUT2D eigenvalue weighted by atomic mass is 16.3. The summed E-state index contributed by atoms with van der Waals surface area (Å²) in [6, 6.07) is 6.31. The van der Waals surface area contributed by atoms with E-state index in [-0.39, 0.29) is 18.7 Å². The van der Waals surface area contributed by atoms with Gasteiger partial charge in [-0.05, 0) is 30.9 Å². The van der Waals surface area contributed by atoms with Crippen molar-refractivity contribution < 1.29 is 9.90 Å². The first kappa shape index (κ1) is 17.8. The van der Waals surface area contributed by atoms with Crippen molar-refractivity contribution in [2.45, 2.75) is 39.7 Å². The van der Waals surface area contributed by atoms with Gasteiger partial charge in [-0.15, -0.1) is 0 Å². The summed E-state index contributed by atoms with van der Waals surface area (Å²) in [5.74, 6) is 0. The standard InChI is InChI=1S/C18H29N3O2/c1-4-15-8-6-7-14(3)17(15)19-18(23)21-11-9-20(10-12-21)16(5-2)13-22/h6-8,16,22H,4-5,9-13H2,1-3H3,(H,19,23). The Morgan fingerprint density at radius 2 is 1.96 bits per heavy atom. The second kappa shape index (κ2) is 8.31. The summed E-state index contributed by atoms with van der Waals surface area (Å²) in [4.78, 5) is 16.7. The normalized spacial score (nSPS) is 17.1. The average molecular weight is 319 g/mol. The minimum absolute atomic E-state index is 0.0225. The highest BCUT2D eigenvalue weighted by molar-refractivity contribution is 5.91. The molecule has 1 aromatic rings. The summed E-state index contributed by atoms with van der Waals surface area (Å²) in [6.45, 7) is 9.45. The van der Waals surface area contributed by atoms with Crippen molar-refractivity contribution in [2.24, 2.45) is 0 Å². The third-order valence-corrected chi connectivity index (χ3v) is 4.77. The van der Waals surface area contributed by atoms with Crippen LogP contribution < -0.4 is 5.32 Å². The van der Waals surface area contributed by atoms with Gasteiger partial charge in [-0.2, -0.15) is 0 Å². The van der Waals surface area contributed by atoms with Crippen molar-refractivity contribution in [2.75, 3.05) is 38.1 Å². The fraction of sp³-hybridized carbons (Fsp3) is 0.611. The number of nitrogens with zero attached hydrogens (tertiary/aromatic N) is 2. The molecule has 0 aliphatic carbocycles. The molecule has 0 radical (unpaired) electrons. The van der Waals surface area contributed by atoms with Crippen LogP contribution in [-0.4, -0.2) is 59.8 Å². The predicted octanol–water partition coefficient (Wildman–Crippen LogP) is 2.48. The number of rotatable bonds is 5. The number of anilines is 1. The summed E-state index contributed by atoms with van der Waals surface area (Å²) in [6.07, 6.45) is 1.84. The zero-order chi connectivity index (χ0) is 16.8. The van der Waals surface area contributed by atoms with Gasteiger partial charge in [0.2, 0.25) is 0 Å². The molecule has 1 saturated heterocycles. The number of amides is 2. The van der Waals surface area contributed by atoms with Gasteiger partial charge in [-0.1, -0.05) is 32.0 Å². The number of aliphatic hydroxyl groups is 1. The van der Waals surface area contributed by atoms with Crippen molar-refractivity contribution >= 4 is 11.7 Å². The molecular formula is C18H29N3O2. The van der Waals surface area contributed by atoms with E-state index < -0.39 is 0 Å². The zero-order valence-electron chi connectivity index (χ0n) is 14.5. The van der Waals surface area contributed by atoms with Crippen LogP contribution in [0.4, 0.5) is 10.5 Å². The maximum Gasteiger partial charge on any atom is 0.321 e. The SMILES string of the molecule is CCc1cccc(C)c1NC(=O)N1CCN(C(CC)CO)CC1. The quantitative estimate of drug-likeness (QED) is 0.876. The summed E-state index contributed by atoms with van der Waals surface area (Å²) in [5.41, 5.74) is 3.22. The van der Waals surface area contributed by atoms with Gasteiger partial charge in [-0.25, -0.2) is 4.79 Å². The molecular weight excluding hydrogens is 290 g/mol. The molecule has 5 nitrogen and oxygen atoms in total. The van der Waals surface area contributed by atoms with Crippen LogP contribution in [0.15, 0.2) is 18.2 Å². The molecule has 128 valence electrons. The number of hydrogen-bond donors (Lipinski definition) is 2. The lowest BCUT2D eigenvalue weighted by Crippen LogP contribution is -2.53. The number of nitrogens with one attached hydrogen (secondary N) is 1. The van der Waals surface area contributed by atoms with Crippen molar-refractivity contribution in [3.05, 3.63) is 29.3 Å². The number of piperazine rings is 1. The van der Waals surface area contributed by atoms with Gasteiger partial charge in [0.15, 0.2) is 0 Å². The summed E-state index contributed by atoms with van der Waals surface area (Å²) in [7, 11) is 0. The summed E-state index contributed by atoms with van der Waals surface area (Å²) < 4.78 is 0. The van der Waals surface area contributed by atoms with Gasteiger partial charge in [0.1, 0.15) is 0 Å². The first-order valence-electron chi connectivity index (χ1n) is 8.60. The Morgan fingerprint density at radius 1 is 1.26 bits per heavy atom. The van der Waals surface area contributed by atoms with E-state index in [1.807, 2.05) is 24.0 Å². The van der Waals surface area contributed by atoms with Crippen molar-refractivity contribution in [3.8, 4) is 0 Å². The van der Waals surface area contributed by atoms with Crippen LogP contribution in [-0.2, 0) is 6.42 Å². The van der Waals surface area contributed by atoms with Gasteiger partial charge in [0.25, 0.3) is 0 Å². The lowest BCUT2D eigenvalue weighted by atomic mass is 10.1. The number of carbonyl (C=O) groups excluding carboxylic acids is 1. The molecule has 1 aliphatic heterocycles. The molecule has 1 atom stereocenters. The smallest absolute Gasteiger partial charge is 0.321 e. The zero-order valence-corrected chi connectivity index (χ0v) is 14.5. The number of benzene rings is 1. The predicted molar refractivity (Wildman–Crippen MR) is 93.9 cm³/mol. The van der Waals surface area contributed by atoms with Crippen LogP contribution in [0, 0.1) is 6.92 Å². The van der Waals surface area contributed by atoms with Crippen LogP contribution in [0.5, 0.6) is 0 Å². The summed E-state index contributed by atoms with van der Waals surface area (Å²) in [5, 5.41) is 12.5. The molecule has 1 heterocycles. The fourth-order valence-corrected chi connectivity index (χ4v) is 3.18. The van der Waals surface area contributed by atoms with Crippen LogP contribution in [0.2, 0.25) is 0 Å². The van der Waals surface area contributed by atoms with Gasteiger partial charge < -0.3 is 15.3 Å². The molecule has 2 rings (SSSR count). The number of para-hydroxylation sites is 1. The van der Waals surface area contributed by atoms with Gasteiger partial charge in [0.05, 0.1) is 6.61 Å². The monoisotopic (exact) mass is 319 g/mol. The Hall–Kier alpha value is -1.59. The van der Waals surface area contributed by atoms with Crippen LogP contribution >= 0.6 is 0 Å². The Balaban J connectivity index is 1.96. The maximum atomic E-state index is 12.6. The minimum atomic E-state index is -0.0225. The maximum absolute atomic E-state index is 12.6. The van der Waals surface area contributed by atoms with Gasteiger partial charge >= 0.3 is 6.03 Å². The van der Waals surface area contributed by atoms with Crippen molar-refractivity contribution in [3.63, 3.8) is 0 Å². The molecule has 1 fully saturated rings. The molecule has 23 heavy (non-hydrogen) atoms. The Morgan fingerprint density at radius 3 is 2.52 bits per heavy atom. The first-order valence-corrected chi connectivity index (χ1v) is 8.60. The first-order chi connectivity index (χ1) is 11.1. The molecule has 2 amide bonds. The topological polar surface area (TPSA) is 55.8 Å². The average Bonchev–Trinajstić information content (AvgIpc) is 2.58. The molecule has 0 aromatic heterocycles. The van der Waals surface area contributed by atoms with Crippen LogP contribution in [0.1, 0.15) is 31.4 Å². The largest absolute Gasteiger partial charge is 0.395 e. The van der Waals surface area contributed by atoms with Crippen molar-refractivity contribution in [1.29, 1.82) is 0 Å². The van der Waals surface area contributed by atoms with E-state index >= 15 is 0 Å². The second-order valence-corrected chi connectivity index (χ2v) is 6.16. The van der Waals surface area contributed by atoms with Crippen LogP contribution in [0.25, 0.3) is 0 Å². The third kappa shape index (κ3) is 4.24. The number of aliphatic hydroxyl groups excluding tert-OH is 1. The number of aryl methyl sites for hydroxylation is 2. The van der Waals surface area contributed by atoms with E-state index in [0.29, 0.717) is 13.1 Å². The molecule has 1 unspecified atom stereocenters. The van der Waals surface area contributed by atoms with E-state index in [4.69, 9.17) is 0 Å². The highest BCUT2D eigenvalue weighted by Gasteiger charge is 2.25. The van der Waals surface area contributed by atoms with Crippen molar-refractivity contribution in [1.82, 2.24) is 9.80 Å². The Bertz CT molecular complexity index is 521. The van der Waals surface area contributed by atoms with Gasteiger partial charge in [0, 0.05) is 37.9 Å². The highest BCUT2D eigenvalue weighted by Crippen LogP contribution is 2.22. The molecule has 5 heteroatoms. The van der Waals surface area contributed by atoms with E-state index in [9.17, 15) is 9.90 Å². The molecule has 2 N–H and O–H groups in total. The van der Waals surface area contributed by atoms with E-state index in [2.05, 4.69) is 30.1 Å². The molecule has 0 bridgehead atoms. The minimum Gasteiger partial charge on any atom is -0.395 e. The molecule has 1 aromatic carbocycles. The Kier molecular flexibility index (Phi) is 6.42. The van der Waals surface area contributed by atoms with Gasteiger partial charge in [-0.3, -0.25) is 4.90 Å². The Labute approximate surface area is 139 Å². The molecule has 0 spiro atoms. The lowest BCUT2D eigenvalue weighted by molar-refractivity contribution is 0.0766. The lowest BCUT2D eigenvalue weighted by Gasteiger charge is -2.38. The second-order valence-electron chi connectivity index (χ2n) is 6.16.